The van der Waals surface area contributed by atoms with E-state index in [0.717, 1.165) is 0 Å². The molecule has 2 aliphatic carbocycles. The third kappa shape index (κ3) is 8.55. The number of aromatic nitrogens is 1. The lowest BCUT2D eigenvalue weighted by Crippen LogP contribution is -2.59. The lowest BCUT2D eigenvalue weighted by molar-refractivity contribution is -0.260. The molecule has 3 aliphatic heterocycles. The number of benzene rings is 1. The topological polar surface area (TPSA) is 192 Å². The maximum atomic E-state index is 14.9. The number of hydrogen-bond donors (Lipinski definition) is 3. The van der Waals surface area contributed by atoms with Crippen molar-refractivity contribution >= 4 is 44.6 Å². The van der Waals surface area contributed by atoms with Gasteiger partial charge in [-0.3, -0.25) is 19.1 Å². The van der Waals surface area contributed by atoms with Crippen LogP contribution in [0, 0.1) is 17.8 Å². The molecule has 60 heavy (non-hydrogen) atoms. The first-order valence-electron chi connectivity index (χ1n) is 20.7. The lowest BCUT2D eigenvalue weighted by atomic mass is 9.88. The van der Waals surface area contributed by atoms with Crippen molar-refractivity contribution < 1.29 is 59.7 Å². The zero-order chi connectivity index (χ0) is 43.2. The highest BCUT2D eigenvalue weighted by atomic mass is 32.2. The van der Waals surface area contributed by atoms with Crippen LogP contribution in [0.3, 0.4) is 0 Å². The third-order valence-corrected chi connectivity index (χ3v) is 14.3. The van der Waals surface area contributed by atoms with Crippen LogP contribution >= 0.6 is 0 Å². The van der Waals surface area contributed by atoms with Gasteiger partial charge in [-0.05, 0) is 81.4 Å². The molecule has 0 unspecified atom stereocenters. The molecule has 1 saturated heterocycles. The molecular formula is C41H52F3N5O10S. The number of hydrogen-bond acceptors (Lipinski definition) is 11. The van der Waals surface area contributed by atoms with Crippen molar-refractivity contribution in [3.05, 3.63) is 36.5 Å². The molecular weight excluding hydrogens is 812 g/mol. The van der Waals surface area contributed by atoms with Gasteiger partial charge in [0.2, 0.25) is 33.3 Å². The van der Waals surface area contributed by atoms with Gasteiger partial charge in [0, 0.05) is 29.3 Å². The second kappa shape index (κ2) is 16.6. The van der Waals surface area contributed by atoms with Gasteiger partial charge in [-0.15, -0.1) is 0 Å². The van der Waals surface area contributed by atoms with Crippen molar-refractivity contribution in [3.63, 3.8) is 0 Å². The van der Waals surface area contributed by atoms with E-state index in [1.54, 1.807) is 31.2 Å². The van der Waals surface area contributed by atoms with E-state index in [-0.39, 0.29) is 31.2 Å². The Bertz CT molecular complexity index is 2150. The maximum absolute atomic E-state index is 14.9. The maximum Gasteiger partial charge on any atom is 0.428 e. The zero-order valence-corrected chi connectivity index (χ0v) is 34.8. The predicted molar refractivity (Wildman–Crippen MR) is 210 cm³/mol. The molecule has 7 atom stereocenters. The molecule has 3 fully saturated rings. The van der Waals surface area contributed by atoms with E-state index < -0.39 is 99.3 Å². The van der Waals surface area contributed by atoms with Gasteiger partial charge in [-0.2, -0.15) is 13.2 Å². The fourth-order valence-electron chi connectivity index (χ4n) is 8.67. The number of carbonyl (C=O) groups excluding carboxylic acids is 4. The Labute approximate surface area is 346 Å². The highest BCUT2D eigenvalue weighted by Gasteiger charge is 2.62. The standard InChI is InChI=1S/C41H52F3N5O10S/c1-5-39(6-2,41(42,43)44)59-38(53)46-32-24(4)19-23(3)9-7-8-10-25-21-40(25,37(52)48-60(54,55)27-11-12-27)47-34(50)30-20-26(22-49(30)36(32)51)58-35-29-13-14-31-33(57-18-17-56-31)28(29)15-16-45-35/h8,10,13-16,23-27,30,32H,5-7,9,11-12,17-22H2,1-4H3,(H,46,53)(H,47,50)(H,48,52)/b10-8-/t23-,24-,25-,26-,30+,32+,40-/m1/s1. The van der Waals surface area contributed by atoms with E-state index >= 15 is 0 Å². The minimum Gasteiger partial charge on any atom is -0.486 e. The summed E-state index contributed by atoms with van der Waals surface area (Å²) >= 11 is 0. The Balaban J connectivity index is 1.23. The smallest absolute Gasteiger partial charge is 0.428 e. The average Bonchev–Trinajstić information content (AvgIpc) is 4.13. The number of nitrogens with zero attached hydrogens (tertiary/aromatic N) is 2. The van der Waals surface area contributed by atoms with Gasteiger partial charge in [-0.25, -0.2) is 18.2 Å². The molecule has 3 N–H and O–H groups in total. The summed E-state index contributed by atoms with van der Waals surface area (Å²) < 4.78 is 94.0. The Morgan fingerprint density at radius 2 is 1.77 bits per heavy atom. The van der Waals surface area contributed by atoms with E-state index in [0.29, 0.717) is 67.6 Å². The molecule has 5 aliphatic rings. The Kier molecular flexibility index (Phi) is 12.0. The van der Waals surface area contributed by atoms with Crippen molar-refractivity contribution in [1.82, 2.24) is 25.2 Å². The monoisotopic (exact) mass is 863 g/mol. The minimum absolute atomic E-state index is 0.0397. The number of carbonyl (C=O) groups is 4. The van der Waals surface area contributed by atoms with Gasteiger partial charge in [0.05, 0.1) is 11.8 Å². The number of nitrogens with one attached hydrogen (secondary N) is 3. The van der Waals surface area contributed by atoms with Crippen LogP contribution in [0.1, 0.15) is 85.5 Å². The first-order chi connectivity index (χ1) is 28.4. The van der Waals surface area contributed by atoms with Crippen molar-refractivity contribution in [1.29, 1.82) is 0 Å². The highest BCUT2D eigenvalue weighted by molar-refractivity contribution is 7.91. The molecule has 0 spiro atoms. The third-order valence-electron chi connectivity index (χ3n) is 12.5. The first-order valence-corrected chi connectivity index (χ1v) is 22.2. The Morgan fingerprint density at radius 1 is 1.03 bits per heavy atom. The van der Waals surface area contributed by atoms with Gasteiger partial charge in [-0.1, -0.05) is 39.8 Å². The van der Waals surface area contributed by atoms with Gasteiger partial charge < -0.3 is 34.5 Å². The summed E-state index contributed by atoms with van der Waals surface area (Å²) in [6.07, 6.45) is -0.837. The number of ether oxygens (including phenoxy) is 4. The molecule has 1 aromatic heterocycles. The van der Waals surface area contributed by atoms with Crippen molar-refractivity contribution in [2.24, 2.45) is 17.8 Å². The number of pyridine rings is 1. The average molecular weight is 864 g/mol. The van der Waals surface area contributed by atoms with Crippen LogP contribution in [-0.4, -0.2) is 103 Å². The van der Waals surface area contributed by atoms with Gasteiger partial charge in [0.1, 0.15) is 36.9 Å². The predicted octanol–water partition coefficient (Wildman–Crippen LogP) is 5.07. The highest BCUT2D eigenvalue weighted by Crippen LogP contribution is 2.47. The van der Waals surface area contributed by atoms with E-state index in [2.05, 4.69) is 20.3 Å². The van der Waals surface area contributed by atoms with Gasteiger partial charge >= 0.3 is 12.3 Å². The van der Waals surface area contributed by atoms with Crippen LogP contribution < -0.4 is 29.6 Å². The summed E-state index contributed by atoms with van der Waals surface area (Å²) in [5.41, 5.74) is -4.44. The van der Waals surface area contributed by atoms with Crippen LogP contribution in [-0.2, 0) is 29.1 Å². The molecule has 4 heterocycles. The largest absolute Gasteiger partial charge is 0.486 e. The van der Waals surface area contributed by atoms with Crippen LogP contribution in [0.15, 0.2) is 36.5 Å². The number of fused-ring (bicyclic) bond motifs is 5. The summed E-state index contributed by atoms with van der Waals surface area (Å²) in [5, 5.41) is 5.76. The van der Waals surface area contributed by atoms with Crippen molar-refractivity contribution in [2.45, 2.75) is 126 Å². The number of alkyl halides is 3. The van der Waals surface area contributed by atoms with E-state index in [1.165, 1.54) is 24.9 Å². The molecule has 0 radical (unpaired) electrons. The molecule has 2 aromatic rings. The fourth-order valence-corrected chi connectivity index (χ4v) is 10.0. The van der Waals surface area contributed by atoms with E-state index in [4.69, 9.17) is 18.9 Å². The molecule has 328 valence electrons. The number of halogens is 3. The van der Waals surface area contributed by atoms with Crippen molar-refractivity contribution in [2.75, 3.05) is 19.8 Å². The van der Waals surface area contributed by atoms with Crippen LogP contribution in [0.5, 0.6) is 17.4 Å². The minimum atomic E-state index is -4.90. The Morgan fingerprint density at radius 3 is 2.47 bits per heavy atom. The summed E-state index contributed by atoms with van der Waals surface area (Å²) in [6, 6.07) is 2.44. The number of amides is 4. The number of alkyl carbamates (subject to hydrolysis) is 1. The summed E-state index contributed by atoms with van der Waals surface area (Å²) in [6.45, 7) is 6.65. The fraction of sp³-hybridized carbons (Fsp3) is 0.634. The van der Waals surface area contributed by atoms with Gasteiger partial charge in [0.15, 0.2) is 11.5 Å². The molecule has 19 heteroatoms. The van der Waals surface area contributed by atoms with Crippen LogP contribution in [0.4, 0.5) is 18.0 Å². The second-order valence-electron chi connectivity index (χ2n) is 16.8. The SMILES string of the molecule is CCC(CC)(OC(=O)N[C@@H]1C(=O)N2C[C@H](Oc3nccc4c5c(ccc34)OCCO5)C[C@H]2C(=O)N[C@]2(C(=O)NS(=O)(=O)C3CC3)C[C@H]2/C=C\CC[C@@H](C)C[C@H]1C)C(F)(F)F. The lowest BCUT2D eigenvalue weighted by Gasteiger charge is -2.36. The van der Waals surface area contributed by atoms with Gasteiger partial charge in [0.25, 0.3) is 5.91 Å². The Hall–Kier alpha value is -4.81. The molecule has 15 nitrogen and oxygen atoms in total. The van der Waals surface area contributed by atoms with E-state index in [9.17, 15) is 40.8 Å². The molecule has 7 rings (SSSR count). The van der Waals surface area contributed by atoms with E-state index in [1.807, 2.05) is 13.0 Å². The number of rotatable bonds is 9. The van der Waals surface area contributed by atoms with Crippen LogP contribution in [0.25, 0.3) is 10.8 Å². The molecule has 4 amide bonds. The zero-order valence-electron chi connectivity index (χ0n) is 34.0. The summed E-state index contributed by atoms with van der Waals surface area (Å²) in [4.78, 5) is 62.4. The molecule has 2 saturated carbocycles. The summed E-state index contributed by atoms with van der Waals surface area (Å²) in [7, 11) is -3.99. The number of sulfonamides is 1. The van der Waals surface area contributed by atoms with Crippen LogP contribution in [0.2, 0.25) is 0 Å². The second-order valence-corrected chi connectivity index (χ2v) is 18.7. The summed E-state index contributed by atoms with van der Waals surface area (Å²) in [5.74, 6) is -2.45. The van der Waals surface area contributed by atoms with Crippen molar-refractivity contribution in [3.8, 4) is 17.4 Å². The first kappa shape index (κ1) is 43.3. The normalized spacial score (nSPS) is 29.2. The molecule has 1 aromatic carbocycles. The quantitative estimate of drug-likeness (QED) is 0.286. The molecule has 0 bridgehead atoms. The number of allylic oxidation sites excluding steroid dienone is 1.